The first-order chi connectivity index (χ1) is 13.2. The second-order valence-electron chi connectivity index (χ2n) is 6.40. The van der Waals surface area contributed by atoms with Crippen molar-refractivity contribution >= 4 is 29.1 Å². The van der Waals surface area contributed by atoms with Crippen molar-refractivity contribution in [3.63, 3.8) is 0 Å². The van der Waals surface area contributed by atoms with Gasteiger partial charge in [0.05, 0.1) is 11.9 Å². The van der Waals surface area contributed by atoms with Crippen LogP contribution in [0.15, 0.2) is 96.0 Å². The van der Waals surface area contributed by atoms with Gasteiger partial charge >= 0.3 is 5.13 Å². The highest BCUT2D eigenvalue weighted by molar-refractivity contribution is 7.59. The zero-order chi connectivity index (χ0) is 18.6. The van der Waals surface area contributed by atoms with E-state index in [-0.39, 0.29) is 0 Å². The summed E-state index contributed by atoms with van der Waals surface area (Å²) in [4.78, 5) is 3.40. The highest BCUT2D eigenvalue weighted by Gasteiger charge is 2.24. The number of hydrogen-bond donors (Lipinski definition) is 0. The fraction of sp³-hybridized carbons (Fsp3) is 0.0870. The van der Waals surface area contributed by atoms with Crippen LogP contribution in [0.2, 0.25) is 0 Å². The maximum Gasteiger partial charge on any atom is 0.340 e. The summed E-state index contributed by atoms with van der Waals surface area (Å²) >= 11 is 7.65. The van der Waals surface area contributed by atoms with Gasteiger partial charge in [-0.25, -0.2) is 4.57 Å². The zero-order valence-electron chi connectivity index (χ0n) is 15.1. The third-order valence-corrected chi connectivity index (χ3v) is 6.25. The van der Waals surface area contributed by atoms with E-state index in [0.717, 1.165) is 32.8 Å². The molecule has 0 unspecified atom stereocenters. The van der Waals surface area contributed by atoms with Crippen LogP contribution in [-0.2, 0) is 19.2 Å². The summed E-state index contributed by atoms with van der Waals surface area (Å²) in [7, 11) is 2.13. The Bertz CT molecular complexity index is 1010. The lowest BCUT2D eigenvalue weighted by Gasteiger charge is -2.15. The molecule has 0 aliphatic carbocycles. The second-order valence-corrected chi connectivity index (χ2v) is 7.76. The van der Waals surface area contributed by atoms with E-state index in [9.17, 15) is 0 Å². The molecule has 0 fully saturated rings. The van der Waals surface area contributed by atoms with Crippen molar-refractivity contribution in [2.75, 3.05) is 11.9 Å². The lowest BCUT2D eigenvalue weighted by molar-refractivity contribution is -0.617. The van der Waals surface area contributed by atoms with Gasteiger partial charge in [0.2, 0.25) is 0 Å². The van der Waals surface area contributed by atoms with E-state index in [1.807, 2.05) is 18.2 Å². The van der Waals surface area contributed by atoms with Crippen LogP contribution in [0.1, 0.15) is 5.56 Å². The molecular formula is C23H20N2S2. The molecule has 0 spiro atoms. The van der Waals surface area contributed by atoms with Crippen LogP contribution in [0.5, 0.6) is 0 Å². The summed E-state index contributed by atoms with van der Waals surface area (Å²) < 4.78 is 2.19. The van der Waals surface area contributed by atoms with Gasteiger partial charge in [0.25, 0.3) is 0 Å². The van der Waals surface area contributed by atoms with Crippen molar-refractivity contribution in [3.8, 4) is 16.1 Å². The van der Waals surface area contributed by atoms with Crippen LogP contribution in [0, 0.1) is 0 Å². The van der Waals surface area contributed by atoms with E-state index >= 15 is 0 Å². The van der Waals surface area contributed by atoms with Gasteiger partial charge < -0.3 is 12.6 Å². The number of benzene rings is 3. The molecule has 4 aromatic rings. The minimum absolute atomic E-state index is 0.831. The predicted molar refractivity (Wildman–Crippen MR) is 115 cm³/mol. The molecule has 0 atom stereocenters. The topological polar surface area (TPSA) is 7.12 Å². The van der Waals surface area contributed by atoms with Gasteiger partial charge in [0, 0.05) is 5.03 Å². The fourth-order valence-corrected chi connectivity index (χ4v) is 4.74. The Balaban J connectivity index is 1.82. The number of rotatable bonds is 5. The number of aromatic nitrogens is 1. The van der Waals surface area contributed by atoms with E-state index in [0.29, 0.717) is 0 Å². The summed E-state index contributed by atoms with van der Waals surface area (Å²) in [5.41, 5.74) is 3.53. The third-order valence-electron chi connectivity index (χ3n) is 4.42. The molecule has 0 N–H and O–H groups in total. The predicted octanol–water partition coefficient (Wildman–Crippen LogP) is 5.23. The first kappa shape index (κ1) is 17.7. The molecule has 0 amide bonds. The maximum absolute atomic E-state index is 5.91. The Morgan fingerprint density at radius 3 is 2.00 bits per heavy atom. The average Bonchev–Trinajstić information content (AvgIpc) is 3.07. The van der Waals surface area contributed by atoms with Crippen LogP contribution in [0.3, 0.4) is 0 Å². The molecule has 134 valence electrons. The Labute approximate surface area is 169 Å². The standard InChI is InChI=1S/C23H20N2S2/c1-24(17-18-11-5-2-6-12-18)23-25(20-15-9-4-10-16-20)22(26)21(27-23)19-13-7-3-8-14-19/h2-16H,17H2,1H3. The van der Waals surface area contributed by atoms with E-state index in [4.69, 9.17) is 12.6 Å². The second kappa shape index (κ2) is 7.91. The highest BCUT2D eigenvalue weighted by Crippen LogP contribution is 2.34. The molecule has 0 bridgehead atoms. The lowest BCUT2D eigenvalue weighted by Crippen LogP contribution is -2.38. The molecule has 27 heavy (non-hydrogen) atoms. The number of para-hydroxylation sites is 1. The summed E-state index contributed by atoms with van der Waals surface area (Å²) in [5, 5.41) is 1.99. The largest absolute Gasteiger partial charge is 0.735 e. The molecule has 0 saturated carbocycles. The Morgan fingerprint density at radius 2 is 1.37 bits per heavy atom. The summed E-state index contributed by atoms with van der Waals surface area (Å²) in [5.74, 6) is 0. The number of thiazole rings is 1. The summed E-state index contributed by atoms with van der Waals surface area (Å²) in [6.07, 6.45) is 0. The van der Waals surface area contributed by atoms with Crippen LogP contribution >= 0.6 is 11.3 Å². The highest BCUT2D eigenvalue weighted by atomic mass is 32.1. The molecule has 0 saturated heterocycles. The van der Waals surface area contributed by atoms with Gasteiger partial charge in [-0.15, -0.1) is 0 Å². The molecule has 4 rings (SSSR count). The molecule has 1 heterocycles. The normalized spacial score (nSPS) is 10.7. The zero-order valence-corrected chi connectivity index (χ0v) is 16.7. The number of hydrogen-bond acceptors (Lipinski definition) is 3. The minimum atomic E-state index is 0.831. The molecule has 3 aromatic carbocycles. The molecule has 0 radical (unpaired) electrons. The van der Waals surface area contributed by atoms with Crippen molar-refractivity contribution in [1.29, 1.82) is 0 Å². The monoisotopic (exact) mass is 388 g/mol. The van der Waals surface area contributed by atoms with Crippen molar-refractivity contribution in [2.45, 2.75) is 11.6 Å². The number of anilines is 1. The van der Waals surface area contributed by atoms with Crippen molar-refractivity contribution in [2.24, 2.45) is 0 Å². The van der Waals surface area contributed by atoms with Gasteiger partial charge in [0.15, 0.2) is 0 Å². The molecule has 0 aliphatic heterocycles. The van der Waals surface area contributed by atoms with E-state index in [1.54, 1.807) is 11.3 Å². The third kappa shape index (κ3) is 3.72. The van der Waals surface area contributed by atoms with E-state index < -0.39 is 0 Å². The lowest BCUT2D eigenvalue weighted by atomic mass is 10.2. The Kier molecular flexibility index (Phi) is 5.19. The molecule has 2 nitrogen and oxygen atoms in total. The van der Waals surface area contributed by atoms with Gasteiger partial charge in [-0.1, -0.05) is 78.9 Å². The van der Waals surface area contributed by atoms with Crippen LogP contribution in [0.4, 0.5) is 5.13 Å². The van der Waals surface area contributed by atoms with Crippen molar-refractivity contribution in [1.82, 2.24) is 0 Å². The van der Waals surface area contributed by atoms with E-state index in [2.05, 4.69) is 89.3 Å². The minimum Gasteiger partial charge on any atom is -0.735 e. The molecular weight excluding hydrogens is 368 g/mol. The smallest absolute Gasteiger partial charge is 0.340 e. The Hall–Kier alpha value is -2.69. The van der Waals surface area contributed by atoms with E-state index in [1.165, 1.54) is 5.56 Å². The average molecular weight is 389 g/mol. The summed E-state index contributed by atoms with van der Waals surface area (Å²) in [6, 6.07) is 31.3. The first-order valence-electron chi connectivity index (χ1n) is 8.86. The maximum atomic E-state index is 5.91. The van der Waals surface area contributed by atoms with Crippen molar-refractivity contribution in [3.05, 3.63) is 96.6 Å². The van der Waals surface area contributed by atoms with Gasteiger partial charge in [-0.3, -0.25) is 4.90 Å². The summed E-state index contributed by atoms with van der Waals surface area (Å²) in [6.45, 7) is 0.831. The molecule has 4 heteroatoms. The SMILES string of the molecule is CN(Cc1ccccc1)c1sc(-c2ccccc2)c([S-])[n+]1-c1ccccc1. The fourth-order valence-electron chi connectivity index (χ4n) is 3.12. The van der Waals surface area contributed by atoms with Crippen LogP contribution in [-0.4, -0.2) is 7.05 Å². The van der Waals surface area contributed by atoms with Gasteiger partial charge in [-0.2, -0.15) is 0 Å². The van der Waals surface area contributed by atoms with Crippen molar-refractivity contribution < 1.29 is 4.57 Å². The van der Waals surface area contributed by atoms with Crippen LogP contribution in [0.25, 0.3) is 16.1 Å². The van der Waals surface area contributed by atoms with Gasteiger partial charge in [-0.05, 0) is 34.6 Å². The quantitative estimate of drug-likeness (QED) is 0.341. The number of nitrogens with zero attached hydrogens (tertiary/aromatic N) is 2. The molecule has 1 aromatic heterocycles. The van der Waals surface area contributed by atoms with Gasteiger partial charge in [0.1, 0.15) is 12.2 Å². The Morgan fingerprint density at radius 1 is 0.815 bits per heavy atom. The molecule has 0 aliphatic rings. The first-order valence-corrected chi connectivity index (χ1v) is 10.1. The van der Waals surface area contributed by atoms with Crippen LogP contribution < -0.4 is 9.47 Å².